The van der Waals surface area contributed by atoms with E-state index in [-0.39, 0.29) is 0 Å². The zero-order valence-electron chi connectivity index (χ0n) is 11.3. The molecule has 0 aromatic carbocycles. The van der Waals surface area contributed by atoms with Crippen LogP contribution in [0.4, 0.5) is 0 Å². The number of rotatable bonds is 5. The van der Waals surface area contributed by atoms with E-state index < -0.39 is 0 Å². The van der Waals surface area contributed by atoms with E-state index in [1.165, 1.54) is 43.6 Å². The average molecular weight is 213 g/mol. The SMILES string of the molecule is CCCC1C[N@@+](C)(CC)CN1CC(C)C. The second-order valence-corrected chi connectivity index (χ2v) is 5.87. The number of nitrogens with zero attached hydrogens (tertiary/aromatic N) is 2. The Balaban J connectivity index is 2.59. The monoisotopic (exact) mass is 213 g/mol. The van der Waals surface area contributed by atoms with Gasteiger partial charge in [0.2, 0.25) is 0 Å². The molecule has 15 heavy (non-hydrogen) atoms. The normalized spacial score (nSPS) is 32.8. The van der Waals surface area contributed by atoms with Crippen molar-refractivity contribution in [2.45, 2.75) is 46.6 Å². The summed E-state index contributed by atoms with van der Waals surface area (Å²) >= 11 is 0. The first-order valence-corrected chi connectivity index (χ1v) is 6.58. The summed E-state index contributed by atoms with van der Waals surface area (Å²) in [6.07, 6.45) is 2.70. The van der Waals surface area contributed by atoms with Gasteiger partial charge in [-0.1, -0.05) is 27.2 Å². The van der Waals surface area contributed by atoms with Crippen molar-refractivity contribution in [3.8, 4) is 0 Å². The highest BCUT2D eigenvalue weighted by molar-refractivity contribution is 4.75. The van der Waals surface area contributed by atoms with Gasteiger partial charge < -0.3 is 4.48 Å². The highest BCUT2D eigenvalue weighted by Crippen LogP contribution is 2.23. The van der Waals surface area contributed by atoms with E-state index in [0.717, 1.165) is 12.0 Å². The van der Waals surface area contributed by atoms with Crippen molar-refractivity contribution in [2.24, 2.45) is 5.92 Å². The van der Waals surface area contributed by atoms with E-state index in [0.29, 0.717) is 0 Å². The Morgan fingerprint density at radius 2 is 2.00 bits per heavy atom. The molecule has 0 radical (unpaired) electrons. The quantitative estimate of drug-likeness (QED) is 0.634. The second kappa shape index (κ2) is 5.31. The Labute approximate surface area is 95.8 Å². The van der Waals surface area contributed by atoms with Crippen LogP contribution in [0.2, 0.25) is 0 Å². The molecule has 2 nitrogen and oxygen atoms in total. The third-order valence-electron chi connectivity index (χ3n) is 3.68. The largest absolute Gasteiger partial charge is 0.312 e. The fourth-order valence-corrected chi connectivity index (χ4v) is 2.75. The lowest BCUT2D eigenvalue weighted by atomic mass is 10.1. The molecule has 1 aliphatic rings. The number of likely N-dealkylation sites (N-methyl/N-ethyl adjacent to an activating group) is 1. The maximum absolute atomic E-state index is 2.72. The van der Waals surface area contributed by atoms with Crippen molar-refractivity contribution in [3.05, 3.63) is 0 Å². The zero-order chi connectivity index (χ0) is 11.5. The second-order valence-electron chi connectivity index (χ2n) is 5.87. The molecule has 0 aromatic heterocycles. The summed E-state index contributed by atoms with van der Waals surface area (Å²) in [5, 5.41) is 0. The van der Waals surface area contributed by atoms with Gasteiger partial charge in [0.15, 0.2) is 0 Å². The van der Waals surface area contributed by atoms with Crippen LogP contribution in [0.1, 0.15) is 40.5 Å². The van der Waals surface area contributed by atoms with E-state index in [1.54, 1.807) is 0 Å². The maximum atomic E-state index is 2.72. The molecule has 0 aliphatic carbocycles. The lowest BCUT2D eigenvalue weighted by molar-refractivity contribution is -0.900. The van der Waals surface area contributed by atoms with Gasteiger partial charge in [0.05, 0.1) is 26.2 Å². The number of hydrogen-bond donors (Lipinski definition) is 0. The minimum Gasteiger partial charge on any atom is -0.312 e. The third-order valence-corrected chi connectivity index (χ3v) is 3.68. The van der Waals surface area contributed by atoms with Crippen LogP contribution in [0.5, 0.6) is 0 Å². The van der Waals surface area contributed by atoms with Crippen molar-refractivity contribution >= 4 is 0 Å². The fourth-order valence-electron chi connectivity index (χ4n) is 2.75. The molecule has 0 amide bonds. The van der Waals surface area contributed by atoms with Gasteiger partial charge in [-0.25, -0.2) is 4.90 Å². The zero-order valence-corrected chi connectivity index (χ0v) is 11.3. The molecule has 90 valence electrons. The molecule has 0 aromatic rings. The van der Waals surface area contributed by atoms with Crippen LogP contribution in [0.15, 0.2) is 0 Å². The van der Waals surface area contributed by atoms with E-state index >= 15 is 0 Å². The van der Waals surface area contributed by atoms with Crippen LogP contribution in [-0.4, -0.2) is 48.8 Å². The Bertz CT molecular complexity index is 191. The molecule has 1 saturated heterocycles. The molecule has 1 rings (SSSR count). The van der Waals surface area contributed by atoms with E-state index in [4.69, 9.17) is 0 Å². The van der Waals surface area contributed by atoms with Gasteiger partial charge in [-0.3, -0.25) is 0 Å². The number of hydrogen-bond acceptors (Lipinski definition) is 1. The lowest BCUT2D eigenvalue weighted by Crippen LogP contribution is -2.43. The molecule has 0 bridgehead atoms. The van der Waals surface area contributed by atoms with Gasteiger partial charge in [-0.05, 0) is 19.3 Å². The van der Waals surface area contributed by atoms with Crippen LogP contribution >= 0.6 is 0 Å². The average Bonchev–Trinajstić information content (AvgIpc) is 2.44. The minimum absolute atomic E-state index is 0.799. The number of quaternary nitrogens is 1. The van der Waals surface area contributed by atoms with Crippen LogP contribution in [-0.2, 0) is 0 Å². The summed E-state index contributed by atoms with van der Waals surface area (Å²) in [5.41, 5.74) is 0. The van der Waals surface area contributed by atoms with Crippen molar-refractivity contribution in [1.29, 1.82) is 0 Å². The predicted octanol–water partition coefficient (Wildman–Crippen LogP) is 2.55. The summed E-state index contributed by atoms with van der Waals surface area (Å²) in [7, 11) is 2.41. The van der Waals surface area contributed by atoms with Crippen molar-refractivity contribution in [2.75, 3.05) is 33.4 Å². The van der Waals surface area contributed by atoms with Gasteiger partial charge in [0.25, 0.3) is 0 Å². The van der Waals surface area contributed by atoms with Crippen molar-refractivity contribution < 1.29 is 4.48 Å². The molecule has 2 heteroatoms. The molecule has 2 atom stereocenters. The molecule has 0 saturated carbocycles. The van der Waals surface area contributed by atoms with E-state index in [2.05, 4.69) is 39.6 Å². The van der Waals surface area contributed by atoms with Gasteiger partial charge in [-0.15, -0.1) is 0 Å². The van der Waals surface area contributed by atoms with Gasteiger partial charge in [0, 0.05) is 6.54 Å². The van der Waals surface area contributed by atoms with E-state index in [1.807, 2.05) is 0 Å². The molecule has 1 aliphatic heterocycles. The Hall–Kier alpha value is -0.0800. The fraction of sp³-hybridized carbons (Fsp3) is 1.00. The van der Waals surface area contributed by atoms with Crippen molar-refractivity contribution in [3.63, 3.8) is 0 Å². The molecule has 1 fully saturated rings. The molecular formula is C13H29N2+. The summed E-state index contributed by atoms with van der Waals surface area (Å²) in [4.78, 5) is 2.72. The predicted molar refractivity (Wildman–Crippen MR) is 66.7 cm³/mol. The summed E-state index contributed by atoms with van der Waals surface area (Å²) in [6.45, 7) is 14.5. The third kappa shape index (κ3) is 3.46. The summed E-state index contributed by atoms with van der Waals surface area (Å²) in [5.74, 6) is 0.799. The van der Waals surface area contributed by atoms with Crippen molar-refractivity contribution in [1.82, 2.24) is 4.90 Å². The van der Waals surface area contributed by atoms with Crippen LogP contribution in [0.25, 0.3) is 0 Å². The Morgan fingerprint density at radius 3 is 2.47 bits per heavy atom. The first-order chi connectivity index (χ1) is 7.00. The Kier molecular flexibility index (Phi) is 4.60. The molecule has 1 heterocycles. The summed E-state index contributed by atoms with van der Waals surface area (Å²) in [6, 6.07) is 0.836. The van der Waals surface area contributed by atoms with Crippen LogP contribution in [0.3, 0.4) is 0 Å². The highest BCUT2D eigenvalue weighted by atomic mass is 15.5. The first kappa shape index (κ1) is 13.0. The molecule has 0 N–H and O–H groups in total. The smallest absolute Gasteiger partial charge is 0.135 e. The molecule has 1 unspecified atom stereocenters. The Morgan fingerprint density at radius 1 is 1.33 bits per heavy atom. The first-order valence-electron chi connectivity index (χ1n) is 6.58. The van der Waals surface area contributed by atoms with Gasteiger partial charge in [-0.2, -0.15) is 0 Å². The molecular weight excluding hydrogens is 184 g/mol. The molecule has 0 spiro atoms. The lowest BCUT2D eigenvalue weighted by Gasteiger charge is -2.28. The van der Waals surface area contributed by atoms with E-state index in [9.17, 15) is 0 Å². The standard InChI is InChI=1S/C13H29N2/c1-6-8-13-10-15(5,7-2)11-14(13)9-12(3)4/h12-13H,6-11H2,1-5H3/q+1/t13?,15-/m1/s1. The highest BCUT2D eigenvalue weighted by Gasteiger charge is 2.38. The summed E-state index contributed by atoms with van der Waals surface area (Å²) < 4.78 is 1.25. The minimum atomic E-state index is 0.799. The topological polar surface area (TPSA) is 3.24 Å². The van der Waals surface area contributed by atoms with Gasteiger partial charge in [0.1, 0.15) is 6.67 Å². The van der Waals surface area contributed by atoms with Gasteiger partial charge >= 0.3 is 0 Å². The maximum Gasteiger partial charge on any atom is 0.135 e. The van der Waals surface area contributed by atoms with Crippen LogP contribution < -0.4 is 0 Å². The van der Waals surface area contributed by atoms with Crippen LogP contribution in [0, 0.1) is 5.92 Å².